The van der Waals surface area contributed by atoms with E-state index in [4.69, 9.17) is 11.6 Å². The Morgan fingerprint density at radius 3 is 2.21 bits per heavy atom. The number of azo groups is 1. The standard InChI is InChI=1S/C21H21ClN2/c1-13(2)16-6-5-14(3)21-19(12-16)15(4)11-20(21)24-23-18-9-7-17(22)8-10-18/h5-13H,1-4H3. The maximum absolute atomic E-state index is 5.91. The maximum Gasteiger partial charge on any atom is 0.0940 e. The fourth-order valence-corrected chi connectivity index (χ4v) is 2.99. The van der Waals surface area contributed by atoms with Crippen LogP contribution in [-0.2, 0) is 0 Å². The molecule has 122 valence electrons. The van der Waals surface area contributed by atoms with Crippen LogP contribution in [0.15, 0.2) is 58.8 Å². The number of benzene rings is 1. The second kappa shape index (κ2) is 6.74. The van der Waals surface area contributed by atoms with Crippen LogP contribution in [0, 0.1) is 13.8 Å². The zero-order valence-corrected chi connectivity index (χ0v) is 15.2. The lowest BCUT2D eigenvalue weighted by Crippen LogP contribution is -1.83. The minimum atomic E-state index is 0.494. The molecule has 1 aromatic rings. The lowest BCUT2D eigenvalue weighted by atomic mass is 10.0. The molecule has 0 heterocycles. The van der Waals surface area contributed by atoms with Gasteiger partial charge in [0.25, 0.3) is 0 Å². The molecule has 24 heavy (non-hydrogen) atoms. The highest BCUT2D eigenvalue weighted by molar-refractivity contribution is 6.30. The molecule has 1 aromatic carbocycles. The summed E-state index contributed by atoms with van der Waals surface area (Å²) in [5, 5.41) is 9.57. The van der Waals surface area contributed by atoms with Gasteiger partial charge in [0.1, 0.15) is 0 Å². The van der Waals surface area contributed by atoms with Gasteiger partial charge in [0.2, 0.25) is 0 Å². The lowest BCUT2D eigenvalue weighted by Gasteiger charge is -2.03. The van der Waals surface area contributed by atoms with Crippen molar-refractivity contribution >= 4 is 23.0 Å². The Hall–Kier alpha value is -2.19. The van der Waals surface area contributed by atoms with E-state index in [1.807, 2.05) is 24.3 Å². The van der Waals surface area contributed by atoms with Crippen LogP contribution in [0.2, 0.25) is 5.02 Å². The fourth-order valence-electron chi connectivity index (χ4n) is 2.87. The second-order valence-electron chi connectivity index (χ2n) is 6.49. The van der Waals surface area contributed by atoms with Crippen molar-refractivity contribution in [3.8, 4) is 11.1 Å². The molecule has 2 aliphatic rings. The Morgan fingerprint density at radius 2 is 1.54 bits per heavy atom. The van der Waals surface area contributed by atoms with Gasteiger partial charge in [-0.1, -0.05) is 43.6 Å². The van der Waals surface area contributed by atoms with Gasteiger partial charge in [-0.2, -0.15) is 5.11 Å². The van der Waals surface area contributed by atoms with Gasteiger partial charge >= 0.3 is 0 Å². The predicted molar refractivity (Wildman–Crippen MR) is 102 cm³/mol. The van der Waals surface area contributed by atoms with Crippen molar-refractivity contribution in [1.82, 2.24) is 0 Å². The van der Waals surface area contributed by atoms with Crippen molar-refractivity contribution in [2.45, 2.75) is 33.6 Å². The summed E-state index contributed by atoms with van der Waals surface area (Å²) in [7, 11) is 0. The van der Waals surface area contributed by atoms with E-state index in [-0.39, 0.29) is 0 Å². The third kappa shape index (κ3) is 3.34. The normalized spacial score (nSPS) is 11.8. The van der Waals surface area contributed by atoms with E-state index in [1.165, 1.54) is 27.8 Å². The molecule has 0 N–H and O–H groups in total. The van der Waals surface area contributed by atoms with E-state index in [0.717, 1.165) is 11.4 Å². The van der Waals surface area contributed by atoms with Gasteiger partial charge in [0.15, 0.2) is 0 Å². The van der Waals surface area contributed by atoms with Gasteiger partial charge in [-0.25, -0.2) is 0 Å². The molecule has 3 heteroatoms. The predicted octanol–water partition coefficient (Wildman–Crippen LogP) is 7.60. The van der Waals surface area contributed by atoms with E-state index in [1.54, 1.807) is 0 Å². The van der Waals surface area contributed by atoms with Crippen LogP contribution in [-0.4, -0.2) is 0 Å². The first-order chi connectivity index (χ1) is 11.5. The summed E-state index contributed by atoms with van der Waals surface area (Å²) in [6.45, 7) is 8.70. The van der Waals surface area contributed by atoms with Crippen molar-refractivity contribution in [3.63, 3.8) is 0 Å². The third-order valence-electron chi connectivity index (χ3n) is 4.30. The van der Waals surface area contributed by atoms with Crippen LogP contribution >= 0.6 is 11.6 Å². The Balaban J connectivity index is 2.06. The average Bonchev–Trinajstić information content (AvgIpc) is 2.74. The molecule has 0 aliphatic heterocycles. The van der Waals surface area contributed by atoms with Crippen molar-refractivity contribution in [1.29, 1.82) is 0 Å². The monoisotopic (exact) mass is 336 g/mol. The van der Waals surface area contributed by atoms with Crippen LogP contribution in [0.1, 0.15) is 36.5 Å². The summed E-state index contributed by atoms with van der Waals surface area (Å²) in [6, 6.07) is 16.2. The van der Waals surface area contributed by atoms with Crippen molar-refractivity contribution in [2.75, 3.05) is 0 Å². The number of hydrogen-bond donors (Lipinski definition) is 0. The van der Waals surface area contributed by atoms with Crippen LogP contribution in [0.5, 0.6) is 0 Å². The van der Waals surface area contributed by atoms with Gasteiger partial charge in [0.05, 0.1) is 11.4 Å². The van der Waals surface area contributed by atoms with Crippen LogP contribution < -0.4 is 0 Å². The molecule has 0 fully saturated rings. The number of halogens is 1. The fraction of sp³-hybridized carbons (Fsp3) is 0.238. The maximum atomic E-state index is 5.91. The van der Waals surface area contributed by atoms with E-state index in [9.17, 15) is 0 Å². The Morgan fingerprint density at radius 1 is 0.833 bits per heavy atom. The minimum Gasteiger partial charge on any atom is -0.151 e. The number of nitrogens with zero attached hydrogens (tertiary/aromatic N) is 2. The Labute approximate surface area is 148 Å². The summed E-state index contributed by atoms with van der Waals surface area (Å²) < 4.78 is 0. The SMILES string of the molecule is Cc1cc(N=Nc2ccc(Cl)cc2)c2c(C)ccc(C(C)C)cc1-2. The lowest BCUT2D eigenvalue weighted by molar-refractivity contribution is 0.868. The molecule has 0 radical (unpaired) electrons. The summed E-state index contributed by atoms with van der Waals surface area (Å²) in [6.07, 6.45) is 0. The van der Waals surface area contributed by atoms with E-state index >= 15 is 0 Å². The highest BCUT2D eigenvalue weighted by Gasteiger charge is 2.16. The van der Waals surface area contributed by atoms with Gasteiger partial charge in [0, 0.05) is 10.6 Å². The Bertz CT molecular complexity index is 864. The summed E-state index contributed by atoms with van der Waals surface area (Å²) >= 11 is 5.91. The highest BCUT2D eigenvalue weighted by Crippen LogP contribution is 2.41. The molecule has 0 unspecified atom stereocenters. The molecule has 3 rings (SSSR count). The first kappa shape index (κ1) is 16.7. The summed E-state index contributed by atoms with van der Waals surface area (Å²) in [4.78, 5) is 0. The molecular weight excluding hydrogens is 316 g/mol. The molecule has 2 nitrogen and oxygen atoms in total. The number of hydrogen-bond acceptors (Lipinski definition) is 2. The summed E-state index contributed by atoms with van der Waals surface area (Å²) in [5.74, 6) is 0.494. The zero-order valence-electron chi connectivity index (χ0n) is 14.5. The van der Waals surface area contributed by atoms with Crippen molar-refractivity contribution in [2.24, 2.45) is 10.2 Å². The third-order valence-corrected chi connectivity index (χ3v) is 4.55. The van der Waals surface area contributed by atoms with Crippen molar-refractivity contribution < 1.29 is 0 Å². The first-order valence-corrected chi connectivity index (χ1v) is 8.54. The topological polar surface area (TPSA) is 24.7 Å². The molecule has 0 aromatic heterocycles. The average molecular weight is 337 g/mol. The van der Waals surface area contributed by atoms with Crippen LogP contribution in [0.3, 0.4) is 0 Å². The second-order valence-corrected chi connectivity index (χ2v) is 6.93. The molecule has 0 saturated heterocycles. The van der Waals surface area contributed by atoms with E-state index < -0.39 is 0 Å². The highest BCUT2D eigenvalue weighted by atomic mass is 35.5. The largest absolute Gasteiger partial charge is 0.151 e. The van der Waals surface area contributed by atoms with Gasteiger partial charge in [-0.15, -0.1) is 5.11 Å². The zero-order chi connectivity index (χ0) is 17.3. The van der Waals surface area contributed by atoms with Gasteiger partial charge in [-0.3, -0.25) is 0 Å². The molecule has 0 saturated carbocycles. The van der Waals surface area contributed by atoms with Crippen molar-refractivity contribution in [3.05, 3.63) is 70.2 Å². The van der Waals surface area contributed by atoms with Crippen LogP contribution in [0.4, 0.5) is 11.4 Å². The van der Waals surface area contributed by atoms with Gasteiger partial charge in [-0.05, 0) is 72.4 Å². The molecular formula is C21H21ClN2. The summed E-state index contributed by atoms with van der Waals surface area (Å²) in [5.41, 5.74) is 7.94. The molecule has 0 atom stereocenters. The molecule has 0 amide bonds. The van der Waals surface area contributed by atoms with E-state index in [0.29, 0.717) is 10.9 Å². The molecule has 0 bridgehead atoms. The smallest absolute Gasteiger partial charge is 0.0940 e. The quantitative estimate of drug-likeness (QED) is 0.440. The van der Waals surface area contributed by atoms with E-state index in [2.05, 4.69) is 62.2 Å². The van der Waals surface area contributed by atoms with Crippen LogP contribution in [0.25, 0.3) is 11.1 Å². The number of fused-ring (bicyclic) bond motifs is 1. The van der Waals surface area contributed by atoms with Gasteiger partial charge < -0.3 is 0 Å². The Kier molecular flexibility index (Phi) is 4.68. The molecule has 2 aliphatic carbocycles. The molecule has 0 spiro atoms. The first-order valence-electron chi connectivity index (χ1n) is 8.17. The number of aryl methyl sites for hydroxylation is 2. The minimum absolute atomic E-state index is 0.494. The number of rotatable bonds is 3.